The minimum atomic E-state index is 0.0884. The van der Waals surface area contributed by atoms with Gasteiger partial charge in [0.2, 0.25) is 5.91 Å². The number of rotatable bonds is 3. The van der Waals surface area contributed by atoms with Crippen molar-refractivity contribution in [3.05, 3.63) is 36.0 Å². The summed E-state index contributed by atoms with van der Waals surface area (Å²) in [6.45, 7) is 2.25. The maximum atomic E-state index is 12.3. The first-order valence-corrected chi connectivity index (χ1v) is 8.09. The molecular weight excluding hydrogens is 274 g/mol. The number of aromatic amines is 1. The lowest BCUT2D eigenvalue weighted by molar-refractivity contribution is -0.123. The van der Waals surface area contributed by atoms with E-state index in [1.54, 1.807) is 6.21 Å². The highest BCUT2D eigenvalue weighted by atomic mass is 16.2. The van der Waals surface area contributed by atoms with Crippen LogP contribution in [0.25, 0.3) is 10.9 Å². The van der Waals surface area contributed by atoms with Gasteiger partial charge >= 0.3 is 0 Å². The van der Waals surface area contributed by atoms with E-state index in [0.29, 0.717) is 5.92 Å². The number of nitrogens with zero attached hydrogens (tertiary/aromatic N) is 1. The predicted octanol–water partition coefficient (Wildman–Crippen LogP) is 3.44. The minimum absolute atomic E-state index is 0.0884. The van der Waals surface area contributed by atoms with Crippen molar-refractivity contribution in [2.75, 3.05) is 0 Å². The highest BCUT2D eigenvalue weighted by molar-refractivity contribution is 5.99. The van der Waals surface area contributed by atoms with Gasteiger partial charge in [-0.3, -0.25) is 4.79 Å². The van der Waals surface area contributed by atoms with Gasteiger partial charge in [-0.25, -0.2) is 5.43 Å². The number of fused-ring (bicyclic) bond motifs is 2. The molecule has 1 aromatic heterocycles. The molecule has 2 fully saturated rings. The molecule has 1 heterocycles. The van der Waals surface area contributed by atoms with E-state index in [2.05, 4.69) is 22.4 Å². The summed E-state index contributed by atoms with van der Waals surface area (Å²) in [7, 11) is 0. The Balaban J connectivity index is 1.43. The lowest BCUT2D eigenvalue weighted by Gasteiger charge is -2.15. The Hall–Kier alpha value is -2.10. The largest absolute Gasteiger partial charge is 0.361 e. The van der Waals surface area contributed by atoms with E-state index in [1.165, 1.54) is 25.7 Å². The zero-order chi connectivity index (χ0) is 15.2. The standard InChI is InChI=1S/C18H21N3O/c1-18-9-5-4-7-14(18)16(18)17(22)21-20-11-12-10-19-15-8-3-2-6-13(12)15/h2-3,6,8,10-11,14,16,19H,4-5,7,9H2,1H3,(H,21,22)/b20-11-/t14-,16-,18+/m1/s1. The minimum Gasteiger partial charge on any atom is -0.361 e. The third-order valence-corrected chi connectivity index (χ3v) is 5.61. The predicted molar refractivity (Wildman–Crippen MR) is 87.6 cm³/mol. The van der Waals surface area contributed by atoms with Gasteiger partial charge in [-0.05, 0) is 30.2 Å². The molecule has 0 unspecified atom stereocenters. The SMILES string of the molecule is C[C@]12CCCC[C@@H]1[C@@H]2C(=O)N/N=C\c1c[nH]c2ccccc12. The maximum absolute atomic E-state index is 12.3. The van der Waals surface area contributed by atoms with E-state index >= 15 is 0 Å². The van der Waals surface area contributed by atoms with Gasteiger partial charge in [-0.1, -0.05) is 38.0 Å². The highest BCUT2D eigenvalue weighted by Gasteiger charge is 2.64. The fourth-order valence-electron chi connectivity index (χ4n) is 4.29. The first-order chi connectivity index (χ1) is 10.7. The Labute approximate surface area is 130 Å². The Morgan fingerprint density at radius 2 is 2.27 bits per heavy atom. The Morgan fingerprint density at radius 1 is 1.41 bits per heavy atom. The Kier molecular flexibility index (Phi) is 3.06. The quantitative estimate of drug-likeness (QED) is 0.661. The van der Waals surface area contributed by atoms with Gasteiger partial charge in [0.05, 0.1) is 6.21 Å². The number of hydrogen-bond acceptors (Lipinski definition) is 2. The molecule has 1 amide bonds. The number of carbonyl (C=O) groups is 1. The van der Waals surface area contributed by atoms with Crippen molar-refractivity contribution in [2.45, 2.75) is 32.6 Å². The zero-order valence-electron chi connectivity index (χ0n) is 12.8. The van der Waals surface area contributed by atoms with Crippen molar-refractivity contribution in [3.8, 4) is 0 Å². The molecule has 0 bridgehead atoms. The summed E-state index contributed by atoms with van der Waals surface area (Å²) in [4.78, 5) is 15.5. The molecule has 0 saturated heterocycles. The summed E-state index contributed by atoms with van der Waals surface area (Å²) in [5, 5.41) is 5.29. The average molecular weight is 295 g/mol. The Morgan fingerprint density at radius 3 is 3.09 bits per heavy atom. The van der Waals surface area contributed by atoms with Gasteiger partial charge in [-0.15, -0.1) is 0 Å². The molecule has 3 atom stereocenters. The van der Waals surface area contributed by atoms with Crippen LogP contribution < -0.4 is 5.43 Å². The van der Waals surface area contributed by atoms with E-state index < -0.39 is 0 Å². The number of hydrogen-bond donors (Lipinski definition) is 2. The molecule has 0 radical (unpaired) electrons. The van der Waals surface area contributed by atoms with Gasteiger partial charge in [0.1, 0.15) is 0 Å². The molecule has 2 aliphatic rings. The third kappa shape index (κ3) is 2.05. The van der Waals surface area contributed by atoms with Gasteiger partial charge in [0.25, 0.3) is 0 Å². The molecule has 2 aromatic rings. The molecule has 1 aromatic carbocycles. The van der Waals surface area contributed by atoms with E-state index in [4.69, 9.17) is 0 Å². The second-order valence-corrected chi connectivity index (χ2v) is 6.86. The number of carbonyl (C=O) groups excluding carboxylic acids is 1. The van der Waals surface area contributed by atoms with E-state index in [9.17, 15) is 4.79 Å². The normalized spacial score (nSPS) is 30.4. The number of nitrogens with one attached hydrogen (secondary N) is 2. The molecule has 4 nitrogen and oxygen atoms in total. The van der Waals surface area contributed by atoms with Crippen LogP contribution in [0.3, 0.4) is 0 Å². The molecule has 4 heteroatoms. The number of hydrazone groups is 1. The maximum Gasteiger partial charge on any atom is 0.244 e. The highest BCUT2D eigenvalue weighted by Crippen LogP contribution is 2.66. The van der Waals surface area contributed by atoms with Crippen LogP contribution in [0.5, 0.6) is 0 Å². The van der Waals surface area contributed by atoms with E-state index in [1.807, 2.05) is 30.5 Å². The average Bonchev–Trinajstić information content (AvgIpc) is 2.96. The number of benzene rings is 1. The summed E-state index contributed by atoms with van der Waals surface area (Å²) < 4.78 is 0. The van der Waals surface area contributed by atoms with Gasteiger partial charge < -0.3 is 4.98 Å². The summed E-state index contributed by atoms with van der Waals surface area (Å²) in [5.74, 6) is 0.824. The summed E-state index contributed by atoms with van der Waals surface area (Å²) in [6, 6.07) is 8.07. The van der Waals surface area contributed by atoms with Crippen molar-refractivity contribution in [1.29, 1.82) is 0 Å². The van der Waals surface area contributed by atoms with E-state index in [-0.39, 0.29) is 17.2 Å². The second-order valence-electron chi connectivity index (χ2n) is 6.86. The van der Waals surface area contributed by atoms with Gasteiger partial charge in [0.15, 0.2) is 0 Å². The lowest BCUT2D eigenvalue weighted by atomic mass is 9.90. The van der Waals surface area contributed by atoms with Crippen LogP contribution in [0.1, 0.15) is 38.2 Å². The molecule has 0 spiro atoms. The fourth-order valence-corrected chi connectivity index (χ4v) is 4.29. The number of aromatic nitrogens is 1. The molecule has 22 heavy (non-hydrogen) atoms. The van der Waals surface area contributed by atoms with Crippen LogP contribution in [0, 0.1) is 17.3 Å². The number of H-pyrrole nitrogens is 1. The third-order valence-electron chi connectivity index (χ3n) is 5.61. The van der Waals surface area contributed by atoms with Crippen LogP contribution in [0.15, 0.2) is 35.6 Å². The molecular formula is C18H21N3O. The van der Waals surface area contributed by atoms with Gasteiger partial charge in [-0.2, -0.15) is 5.10 Å². The van der Waals surface area contributed by atoms with Crippen LogP contribution in [0.4, 0.5) is 0 Å². The summed E-state index contributed by atoms with van der Waals surface area (Å²) >= 11 is 0. The second kappa shape index (κ2) is 4.97. The first kappa shape index (κ1) is 13.6. The molecule has 2 N–H and O–H groups in total. The van der Waals surface area contributed by atoms with Crippen molar-refractivity contribution in [3.63, 3.8) is 0 Å². The van der Waals surface area contributed by atoms with Crippen LogP contribution >= 0.6 is 0 Å². The smallest absolute Gasteiger partial charge is 0.244 e. The zero-order valence-corrected chi connectivity index (χ0v) is 12.8. The topological polar surface area (TPSA) is 57.2 Å². The van der Waals surface area contributed by atoms with Crippen LogP contribution in [0.2, 0.25) is 0 Å². The van der Waals surface area contributed by atoms with Crippen molar-refractivity contribution in [1.82, 2.24) is 10.4 Å². The van der Waals surface area contributed by atoms with Crippen molar-refractivity contribution < 1.29 is 4.79 Å². The molecule has 2 aliphatic carbocycles. The monoisotopic (exact) mass is 295 g/mol. The summed E-state index contributed by atoms with van der Waals surface area (Å²) in [5.41, 5.74) is 5.06. The summed E-state index contributed by atoms with van der Waals surface area (Å²) in [6.07, 6.45) is 8.55. The molecule has 4 rings (SSSR count). The number of amides is 1. The van der Waals surface area contributed by atoms with Crippen LogP contribution in [-0.4, -0.2) is 17.1 Å². The van der Waals surface area contributed by atoms with Crippen molar-refractivity contribution in [2.24, 2.45) is 22.4 Å². The fraction of sp³-hybridized carbons (Fsp3) is 0.444. The van der Waals surface area contributed by atoms with E-state index in [0.717, 1.165) is 16.5 Å². The van der Waals surface area contributed by atoms with Crippen LogP contribution in [-0.2, 0) is 4.79 Å². The molecule has 2 saturated carbocycles. The first-order valence-electron chi connectivity index (χ1n) is 8.09. The van der Waals surface area contributed by atoms with Crippen molar-refractivity contribution >= 4 is 23.0 Å². The molecule has 114 valence electrons. The lowest BCUT2D eigenvalue weighted by Crippen LogP contribution is -2.22. The number of para-hydroxylation sites is 1. The Bertz CT molecular complexity index is 748. The molecule has 0 aliphatic heterocycles. The van der Waals surface area contributed by atoms with Gasteiger partial charge in [0, 0.05) is 28.6 Å².